The molecule has 3 aliphatic carbocycles. The molecule has 0 amide bonds. The fourth-order valence-electron chi connectivity index (χ4n) is 8.48. The fraction of sp³-hybridized carbons (Fsp3) is 1.00. The molecule has 0 aliphatic heterocycles. The zero-order valence-corrected chi connectivity index (χ0v) is 21.8. The second kappa shape index (κ2) is 9.84. The Morgan fingerprint density at radius 2 is 1.57 bits per heavy atom. The number of ether oxygens (including phenoxy) is 1. The first-order valence-electron chi connectivity index (χ1n) is 13.6. The molecule has 0 bridgehead atoms. The van der Waals surface area contributed by atoms with Crippen LogP contribution in [0.25, 0.3) is 0 Å². The van der Waals surface area contributed by atoms with E-state index >= 15 is 0 Å². The first kappa shape index (κ1) is 24.6. The third kappa shape index (κ3) is 4.82. The van der Waals surface area contributed by atoms with Crippen molar-refractivity contribution in [3.63, 3.8) is 0 Å². The Labute approximate surface area is 189 Å². The summed E-state index contributed by atoms with van der Waals surface area (Å²) in [6.07, 6.45) is 16.4. The molecule has 176 valence electrons. The van der Waals surface area contributed by atoms with Gasteiger partial charge in [0.1, 0.15) is 0 Å². The normalized spacial score (nSPS) is 41.9. The first-order valence-corrected chi connectivity index (χ1v) is 13.6. The van der Waals surface area contributed by atoms with Crippen LogP contribution >= 0.6 is 0 Å². The molecule has 3 aliphatic rings. The lowest BCUT2D eigenvalue weighted by atomic mass is 9.48. The highest BCUT2D eigenvalue weighted by Crippen LogP contribution is 2.66. The van der Waals surface area contributed by atoms with Crippen molar-refractivity contribution in [1.82, 2.24) is 0 Å². The van der Waals surface area contributed by atoms with Crippen LogP contribution in [-0.2, 0) is 4.74 Å². The highest BCUT2D eigenvalue weighted by Gasteiger charge is 2.58. The van der Waals surface area contributed by atoms with Crippen LogP contribution in [-0.4, -0.2) is 13.2 Å². The molecule has 30 heavy (non-hydrogen) atoms. The molecular weight excluding hydrogens is 364 g/mol. The van der Waals surface area contributed by atoms with Gasteiger partial charge in [0.2, 0.25) is 0 Å². The molecule has 3 fully saturated rings. The molecule has 9 atom stereocenters. The molecule has 0 aromatic heterocycles. The minimum atomic E-state index is 0.418. The zero-order valence-electron chi connectivity index (χ0n) is 21.8. The van der Waals surface area contributed by atoms with Crippen LogP contribution in [0.3, 0.4) is 0 Å². The van der Waals surface area contributed by atoms with Crippen molar-refractivity contribution < 1.29 is 4.74 Å². The van der Waals surface area contributed by atoms with Gasteiger partial charge in [-0.25, -0.2) is 0 Å². The Morgan fingerprint density at radius 3 is 2.23 bits per heavy atom. The van der Waals surface area contributed by atoms with E-state index in [-0.39, 0.29) is 0 Å². The van der Waals surface area contributed by atoms with Crippen molar-refractivity contribution in [2.24, 2.45) is 52.3 Å². The quantitative estimate of drug-likeness (QED) is 0.363. The van der Waals surface area contributed by atoms with Crippen LogP contribution in [0.5, 0.6) is 0 Å². The lowest BCUT2D eigenvalue weighted by Gasteiger charge is -2.57. The molecular formula is C29H54O. The van der Waals surface area contributed by atoms with Crippen molar-refractivity contribution in [2.75, 3.05) is 7.11 Å². The summed E-state index contributed by atoms with van der Waals surface area (Å²) in [6.45, 7) is 17.5. The van der Waals surface area contributed by atoms with Gasteiger partial charge >= 0.3 is 0 Å². The van der Waals surface area contributed by atoms with Gasteiger partial charge in [-0.3, -0.25) is 0 Å². The van der Waals surface area contributed by atoms with Gasteiger partial charge in [-0.05, 0) is 111 Å². The predicted molar refractivity (Wildman–Crippen MR) is 131 cm³/mol. The smallest absolute Gasteiger partial charge is 0.0543 e. The number of rotatable bonds is 9. The maximum absolute atomic E-state index is 5.60. The molecule has 0 heterocycles. The first-order chi connectivity index (χ1) is 14.1. The maximum atomic E-state index is 5.60. The Hall–Kier alpha value is -0.0400. The summed E-state index contributed by atoms with van der Waals surface area (Å²) in [5.74, 6) is 6.59. The van der Waals surface area contributed by atoms with Gasteiger partial charge < -0.3 is 4.74 Å². The second-order valence-corrected chi connectivity index (χ2v) is 13.0. The number of hydrogen-bond donors (Lipinski definition) is 0. The summed E-state index contributed by atoms with van der Waals surface area (Å²) in [6, 6.07) is 0. The third-order valence-corrected chi connectivity index (χ3v) is 11.1. The van der Waals surface area contributed by atoms with Crippen LogP contribution in [0.4, 0.5) is 0 Å². The van der Waals surface area contributed by atoms with E-state index < -0.39 is 0 Å². The zero-order chi connectivity index (χ0) is 22.1. The molecule has 0 radical (unpaired) electrons. The van der Waals surface area contributed by atoms with E-state index in [0.29, 0.717) is 16.9 Å². The Kier molecular flexibility index (Phi) is 8.07. The molecule has 0 spiro atoms. The van der Waals surface area contributed by atoms with Gasteiger partial charge in [0.25, 0.3) is 0 Å². The van der Waals surface area contributed by atoms with E-state index in [1.165, 1.54) is 70.6 Å². The molecule has 1 nitrogen and oxygen atoms in total. The van der Waals surface area contributed by atoms with Crippen LogP contribution in [0.1, 0.15) is 119 Å². The van der Waals surface area contributed by atoms with Crippen LogP contribution < -0.4 is 0 Å². The average Bonchev–Trinajstić information content (AvgIpc) is 3.07. The van der Waals surface area contributed by atoms with Crippen molar-refractivity contribution >= 4 is 0 Å². The molecule has 0 aromatic carbocycles. The van der Waals surface area contributed by atoms with Crippen LogP contribution in [0.2, 0.25) is 0 Å². The van der Waals surface area contributed by atoms with E-state index in [0.717, 1.165) is 41.4 Å². The maximum Gasteiger partial charge on any atom is 0.0543 e. The van der Waals surface area contributed by atoms with Gasteiger partial charge in [-0.15, -0.1) is 0 Å². The molecule has 8 unspecified atom stereocenters. The van der Waals surface area contributed by atoms with E-state index in [1.807, 2.05) is 7.11 Å². The highest BCUT2D eigenvalue weighted by molar-refractivity contribution is 5.07. The summed E-state index contributed by atoms with van der Waals surface area (Å²) in [5, 5.41) is 0. The van der Waals surface area contributed by atoms with Crippen molar-refractivity contribution in [3.8, 4) is 0 Å². The van der Waals surface area contributed by atoms with E-state index in [9.17, 15) is 0 Å². The van der Waals surface area contributed by atoms with Crippen LogP contribution in [0.15, 0.2) is 0 Å². The molecule has 0 aromatic rings. The minimum Gasteiger partial charge on any atom is -0.382 e. The molecule has 0 N–H and O–H groups in total. The molecule has 3 rings (SSSR count). The average molecular weight is 419 g/mol. The van der Waals surface area contributed by atoms with E-state index in [4.69, 9.17) is 4.74 Å². The highest BCUT2D eigenvalue weighted by atomic mass is 16.5. The summed E-state index contributed by atoms with van der Waals surface area (Å²) in [5.41, 5.74) is 1.19. The fourth-order valence-corrected chi connectivity index (χ4v) is 8.48. The number of methoxy groups -OCH3 is 1. The van der Waals surface area contributed by atoms with Crippen molar-refractivity contribution in [1.29, 1.82) is 0 Å². The predicted octanol–water partition coefficient (Wildman–Crippen LogP) is 8.76. The van der Waals surface area contributed by atoms with Crippen molar-refractivity contribution in [3.05, 3.63) is 0 Å². The van der Waals surface area contributed by atoms with Crippen molar-refractivity contribution in [2.45, 2.75) is 125 Å². The number of fused-ring (bicyclic) bond motifs is 3. The largest absolute Gasteiger partial charge is 0.382 e. The number of hydrogen-bond acceptors (Lipinski definition) is 1. The monoisotopic (exact) mass is 418 g/mol. The van der Waals surface area contributed by atoms with E-state index in [2.05, 4.69) is 48.5 Å². The third-order valence-electron chi connectivity index (χ3n) is 11.1. The second-order valence-electron chi connectivity index (χ2n) is 13.0. The van der Waals surface area contributed by atoms with Gasteiger partial charge in [0, 0.05) is 7.11 Å². The molecule has 0 saturated heterocycles. The minimum absolute atomic E-state index is 0.418. The topological polar surface area (TPSA) is 9.23 Å². The Bertz CT molecular complexity index is 540. The van der Waals surface area contributed by atoms with E-state index in [1.54, 1.807) is 0 Å². The summed E-state index contributed by atoms with van der Waals surface area (Å²) in [7, 11) is 1.88. The Morgan fingerprint density at radius 1 is 0.833 bits per heavy atom. The van der Waals surface area contributed by atoms with Gasteiger partial charge in [-0.2, -0.15) is 0 Å². The van der Waals surface area contributed by atoms with Gasteiger partial charge in [0.05, 0.1) is 6.10 Å². The summed E-state index contributed by atoms with van der Waals surface area (Å²) < 4.78 is 5.60. The Balaban J connectivity index is 1.67. The standard InChI is InChI=1S/C29H54O/c1-20(2)21(3)11-12-22(4)25-13-14-27-24-10-9-17-28(6,18-15-23(5)30-8)26(24)16-19-29(25,27)7/h20-27H,9-19H2,1-8H3/t21?,22-,23?,24?,25?,26?,27?,28?,29?/m1/s1. The molecule has 1 heteroatoms. The molecule has 3 saturated carbocycles. The lowest BCUT2D eigenvalue weighted by Crippen LogP contribution is -2.49. The van der Waals surface area contributed by atoms with Gasteiger partial charge in [0.15, 0.2) is 0 Å². The van der Waals surface area contributed by atoms with Gasteiger partial charge in [-0.1, -0.05) is 60.8 Å². The SMILES string of the molecule is COC(C)CCC1(C)CCCC2C1CCC1(C)C2CCC1[C@H](C)CCC(C)C(C)C. The van der Waals surface area contributed by atoms with Crippen LogP contribution in [0, 0.1) is 52.3 Å². The summed E-state index contributed by atoms with van der Waals surface area (Å²) in [4.78, 5) is 0. The lowest BCUT2D eigenvalue weighted by molar-refractivity contribution is -0.0809. The summed E-state index contributed by atoms with van der Waals surface area (Å²) >= 11 is 0.